The molecule has 0 aromatic heterocycles. The minimum Gasteiger partial charge on any atom is -0.481 e. The van der Waals surface area contributed by atoms with Crippen molar-refractivity contribution in [3.63, 3.8) is 0 Å². The zero-order valence-electron chi connectivity index (χ0n) is 25.8. The van der Waals surface area contributed by atoms with Gasteiger partial charge in [0, 0.05) is 0 Å². The fraction of sp³-hybridized carbons (Fsp3) is 0.941. The fourth-order valence-electron chi connectivity index (χ4n) is 5.32. The number of carboxylic acids is 1. The highest BCUT2D eigenvalue weighted by atomic mass is 16.5. The highest BCUT2D eigenvalue weighted by molar-refractivity contribution is 5.76. The lowest BCUT2D eigenvalue weighted by Crippen LogP contribution is -2.19. The van der Waals surface area contributed by atoms with Gasteiger partial charge in [0.1, 0.15) is 6.10 Å². The summed E-state index contributed by atoms with van der Waals surface area (Å²) < 4.78 is 5.69. The van der Waals surface area contributed by atoms with Crippen molar-refractivity contribution in [2.24, 2.45) is 0 Å². The van der Waals surface area contributed by atoms with Gasteiger partial charge in [0.15, 0.2) is 0 Å². The molecule has 0 aliphatic heterocycles. The normalized spacial score (nSPS) is 12.1. The average Bonchev–Trinajstić information content (AvgIpc) is 2.90. The van der Waals surface area contributed by atoms with E-state index in [9.17, 15) is 9.59 Å². The lowest BCUT2D eigenvalue weighted by Gasteiger charge is -2.18. The molecule has 0 radical (unpaired) electrons. The summed E-state index contributed by atoms with van der Waals surface area (Å²) in [5.41, 5.74) is 0. The van der Waals surface area contributed by atoms with Crippen molar-refractivity contribution in [3.8, 4) is 0 Å². The number of unbranched alkanes of at least 4 members (excludes halogenated alkanes) is 23. The minimum atomic E-state index is -0.935. The molecule has 1 atom stereocenters. The zero-order chi connectivity index (χ0) is 27.9. The highest BCUT2D eigenvalue weighted by Gasteiger charge is 2.15. The molecule has 0 rings (SSSR count). The van der Waals surface area contributed by atoms with E-state index in [0.29, 0.717) is 0 Å². The number of ether oxygens (including phenoxy) is 1. The van der Waals surface area contributed by atoms with Gasteiger partial charge in [-0.3, -0.25) is 9.59 Å². The van der Waals surface area contributed by atoms with Crippen LogP contribution in [0.3, 0.4) is 0 Å². The van der Waals surface area contributed by atoms with Crippen LogP contribution < -0.4 is 0 Å². The van der Waals surface area contributed by atoms with Gasteiger partial charge in [-0.05, 0) is 25.7 Å². The maximum absolute atomic E-state index is 12.1. The SMILES string of the molecule is CCCCCCCCCCCCCCCCCCC(CCCCCCCCCCC)OC(=O)CCC(=O)O. The Hall–Kier alpha value is -1.06. The van der Waals surface area contributed by atoms with Gasteiger partial charge in [-0.1, -0.05) is 162 Å². The van der Waals surface area contributed by atoms with E-state index < -0.39 is 5.97 Å². The van der Waals surface area contributed by atoms with E-state index in [0.717, 1.165) is 25.7 Å². The molecule has 0 aliphatic carbocycles. The second-order valence-corrected chi connectivity index (χ2v) is 11.7. The van der Waals surface area contributed by atoms with Crippen LogP contribution in [0.15, 0.2) is 0 Å². The van der Waals surface area contributed by atoms with E-state index in [-0.39, 0.29) is 24.9 Å². The van der Waals surface area contributed by atoms with Gasteiger partial charge < -0.3 is 9.84 Å². The van der Waals surface area contributed by atoms with Gasteiger partial charge in [-0.15, -0.1) is 0 Å². The number of rotatable bonds is 31. The minimum absolute atomic E-state index is 0.0114. The van der Waals surface area contributed by atoms with Crippen LogP contribution >= 0.6 is 0 Å². The van der Waals surface area contributed by atoms with E-state index in [1.807, 2.05) is 0 Å². The molecule has 4 heteroatoms. The predicted molar refractivity (Wildman–Crippen MR) is 163 cm³/mol. The Bertz CT molecular complexity index is 505. The first-order chi connectivity index (χ1) is 18.6. The summed E-state index contributed by atoms with van der Waals surface area (Å²) in [6, 6.07) is 0. The van der Waals surface area contributed by atoms with Crippen LogP contribution in [0.5, 0.6) is 0 Å². The molecule has 0 saturated heterocycles. The smallest absolute Gasteiger partial charge is 0.306 e. The summed E-state index contributed by atoms with van der Waals surface area (Å²) in [7, 11) is 0. The third-order valence-electron chi connectivity index (χ3n) is 7.85. The molecule has 0 aromatic carbocycles. The molecule has 0 aromatic rings. The van der Waals surface area contributed by atoms with Crippen molar-refractivity contribution in [3.05, 3.63) is 0 Å². The van der Waals surface area contributed by atoms with E-state index in [2.05, 4.69) is 13.8 Å². The summed E-state index contributed by atoms with van der Waals surface area (Å²) in [6.45, 7) is 4.54. The summed E-state index contributed by atoms with van der Waals surface area (Å²) >= 11 is 0. The van der Waals surface area contributed by atoms with Crippen LogP contribution in [0, 0.1) is 0 Å². The lowest BCUT2D eigenvalue weighted by molar-refractivity contribution is -0.152. The van der Waals surface area contributed by atoms with E-state index >= 15 is 0 Å². The van der Waals surface area contributed by atoms with Crippen molar-refractivity contribution in [1.29, 1.82) is 0 Å². The largest absolute Gasteiger partial charge is 0.481 e. The maximum Gasteiger partial charge on any atom is 0.306 e. The molecule has 226 valence electrons. The van der Waals surface area contributed by atoms with Gasteiger partial charge in [0.05, 0.1) is 12.8 Å². The molecule has 0 spiro atoms. The standard InChI is InChI=1S/C34H66O4/c1-3-5-7-9-11-13-14-15-16-17-18-19-21-23-25-27-29-32(38-34(37)31-30-33(35)36)28-26-24-22-20-12-10-8-6-4-2/h32H,3-31H2,1-2H3,(H,35,36). The summed E-state index contributed by atoms with van der Waals surface area (Å²) in [5, 5.41) is 8.84. The average molecular weight is 539 g/mol. The second kappa shape index (κ2) is 30.5. The first kappa shape index (κ1) is 36.9. The lowest BCUT2D eigenvalue weighted by atomic mass is 10.0. The third kappa shape index (κ3) is 29.5. The third-order valence-corrected chi connectivity index (χ3v) is 7.85. The summed E-state index contributed by atoms with van der Waals surface area (Å²) in [5.74, 6) is -1.28. The van der Waals surface area contributed by atoms with Crippen LogP contribution in [-0.4, -0.2) is 23.1 Å². The van der Waals surface area contributed by atoms with Crippen molar-refractivity contribution in [2.75, 3.05) is 0 Å². The molecular formula is C34H66O4. The Morgan fingerprint density at radius 2 is 0.763 bits per heavy atom. The highest BCUT2D eigenvalue weighted by Crippen LogP contribution is 2.19. The molecule has 0 fully saturated rings. The molecule has 1 N–H and O–H groups in total. The first-order valence-corrected chi connectivity index (χ1v) is 17.0. The van der Waals surface area contributed by atoms with Gasteiger partial charge in [0.25, 0.3) is 0 Å². The van der Waals surface area contributed by atoms with Crippen molar-refractivity contribution in [2.45, 2.75) is 206 Å². The number of esters is 1. The van der Waals surface area contributed by atoms with E-state index in [1.165, 1.54) is 148 Å². The molecule has 0 aliphatic rings. The van der Waals surface area contributed by atoms with Gasteiger partial charge in [-0.2, -0.15) is 0 Å². The molecule has 0 amide bonds. The quantitative estimate of drug-likeness (QED) is 0.0704. The van der Waals surface area contributed by atoms with Crippen molar-refractivity contribution in [1.82, 2.24) is 0 Å². The second-order valence-electron chi connectivity index (χ2n) is 11.7. The first-order valence-electron chi connectivity index (χ1n) is 17.0. The van der Waals surface area contributed by atoms with Crippen molar-refractivity contribution < 1.29 is 19.4 Å². The molecule has 1 unspecified atom stereocenters. The van der Waals surface area contributed by atoms with Crippen LogP contribution in [0.1, 0.15) is 200 Å². The van der Waals surface area contributed by atoms with Crippen molar-refractivity contribution >= 4 is 11.9 Å². The monoisotopic (exact) mass is 538 g/mol. The van der Waals surface area contributed by atoms with Crippen LogP contribution in [0.2, 0.25) is 0 Å². The molecule has 0 bridgehead atoms. The van der Waals surface area contributed by atoms with Gasteiger partial charge >= 0.3 is 11.9 Å². The number of hydrogen-bond donors (Lipinski definition) is 1. The van der Waals surface area contributed by atoms with E-state index in [1.54, 1.807) is 0 Å². The fourth-order valence-corrected chi connectivity index (χ4v) is 5.32. The maximum atomic E-state index is 12.1. The Balaban J connectivity index is 3.82. The Morgan fingerprint density at radius 3 is 1.05 bits per heavy atom. The molecule has 0 heterocycles. The van der Waals surface area contributed by atoms with Crippen LogP contribution in [-0.2, 0) is 14.3 Å². The number of carboxylic acid groups (broad SMARTS) is 1. The zero-order valence-corrected chi connectivity index (χ0v) is 25.8. The Labute approximate surface area is 237 Å². The number of carbonyl (C=O) groups is 2. The molecule has 38 heavy (non-hydrogen) atoms. The molecule has 4 nitrogen and oxygen atoms in total. The van der Waals surface area contributed by atoms with Crippen LogP contribution in [0.25, 0.3) is 0 Å². The Kier molecular flexibility index (Phi) is 29.6. The number of hydrogen-bond acceptors (Lipinski definition) is 3. The molecular weight excluding hydrogens is 472 g/mol. The van der Waals surface area contributed by atoms with Crippen LogP contribution in [0.4, 0.5) is 0 Å². The predicted octanol–water partition coefficient (Wildman–Crippen LogP) is 11.3. The van der Waals surface area contributed by atoms with Gasteiger partial charge in [-0.25, -0.2) is 0 Å². The van der Waals surface area contributed by atoms with E-state index in [4.69, 9.17) is 9.84 Å². The molecule has 0 saturated carbocycles. The number of carbonyl (C=O) groups excluding carboxylic acids is 1. The number of aliphatic carboxylic acids is 1. The summed E-state index contributed by atoms with van der Waals surface area (Å²) in [6.07, 6.45) is 35.0. The topological polar surface area (TPSA) is 63.6 Å². The summed E-state index contributed by atoms with van der Waals surface area (Å²) in [4.78, 5) is 22.9. The van der Waals surface area contributed by atoms with Gasteiger partial charge in [0.2, 0.25) is 0 Å². The Morgan fingerprint density at radius 1 is 0.474 bits per heavy atom.